The van der Waals surface area contributed by atoms with Gasteiger partial charge in [-0.1, -0.05) is 6.92 Å². The summed E-state index contributed by atoms with van der Waals surface area (Å²) in [4.78, 5) is 10.7. The minimum atomic E-state index is 0.255. The monoisotopic (exact) mass is 220 g/mol. The molecule has 0 aromatic carbocycles. The molecule has 0 saturated carbocycles. The van der Waals surface area contributed by atoms with Gasteiger partial charge in [0, 0.05) is 19.3 Å². The molecule has 2 N–H and O–H groups in total. The molecule has 0 spiro atoms. The second kappa shape index (κ2) is 5.37. The third-order valence-electron chi connectivity index (χ3n) is 3.30. The van der Waals surface area contributed by atoms with Crippen molar-refractivity contribution < 1.29 is 0 Å². The number of nitrogens with two attached hydrogens (primary N) is 1. The van der Waals surface area contributed by atoms with Crippen molar-refractivity contribution in [3.8, 4) is 0 Å². The molecule has 88 valence electrons. The van der Waals surface area contributed by atoms with Gasteiger partial charge in [-0.3, -0.25) is 4.90 Å². The Labute approximate surface area is 96.9 Å². The summed E-state index contributed by atoms with van der Waals surface area (Å²) in [6, 6.07) is 2.22. The van der Waals surface area contributed by atoms with E-state index in [9.17, 15) is 0 Å². The van der Waals surface area contributed by atoms with Crippen molar-refractivity contribution in [1.82, 2.24) is 14.9 Å². The van der Waals surface area contributed by atoms with Gasteiger partial charge < -0.3 is 5.73 Å². The Bertz CT molecular complexity index is 314. The van der Waals surface area contributed by atoms with Crippen LogP contribution < -0.4 is 5.73 Å². The fourth-order valence-corrected chi connectivity index (χ4v) is 2.46. The highest BCUT2D eigenvalue weighted by atomic mass is 15.2. The summed E-state index contributed by atoms with van der Waals surface area (Å²) in [5.74, 6) is 0.768. The van der Waals surface area contributed by atoms with Gasteiger partial charge in [0.05, 0.1) is 11.7 Å². The van der Waals surface area contributed by atoms with Crippen LogP contribution in [0, 0.1) is 5.92 Å². The average Bonchev–Trinajstić information content (AvgIpc) is 2.31. The van der Waals surface area contributed by atoms with Crippen molar-refractivity contribution in [3.63, 3.8) is 0 Å². The second-order valence-electron chi connectivity index (χ2n) is 4.63. The number of piperidine rings is 1. The topological polar surface area (TPSA) is 55.0 Å². The van der Waals surface area contributed by atoms with Gasteiger partial charge in [-0.2, -0.15) is 0 Å². The Hall–Kier alpha value is -1.00. The van der Waals surface area contributed by atoms with Crippen molar-refractivity contribution in [3.05, 3.63) is 24.3 Å². The zero-order valence-electron chi connectivity index (χ0n) is 9.84. The highest BCUT2D eigenvalue weighted by Crippen LogP contribution is 2.24. The summed E-state index contributed by atoms with van der Waals surface area (Å²) >= 11 is 0. The summed E-state index contributed by atoms with van der Waals surface area (Å²) in [7, 11) is 0. The Balaban J connectivity index is 2.10. The molecule has 4 heteroatoms. The average molecular weight is 220 g/mol. The predicted molar refractivity (Wildman–Crippen MR) is 63.8 cm³/mol. The van der Waals surface area contributed by atoms with E-state index >= 15 is 0 Å². The molecule has 1 aromatic heterocycles. The molecule has 1 aromatic rings. The minimum absolute atomic E-state index is 0.255. The Kier molecular flexibility index (Phi) is 3.85. The van der Waals surface area contributed by atoms with Crippen LogP contribution in [0.1, 0.15) is 31.5 Å². The third-order valence-corrected chi connectivity index (χ3v) is 3.30. The van der Waals surface area contributed by atoms with E-state index in [0.29, 0.717) is 6.54 Å². The van der Waals surface area contributed by atoms with E-state index in [1.165, 1.54) is 12.8 Å². The van der Waals surface area contributed by atoms with Crippen LogP contribution in [-0.4, -0.2) is 34.5 Å². The van der Waals surface area contributed by atoms with Crippen LogP contribution >= 0.6 is 0 Å². The van der Waals surface area contributed by atoms with Gasteiger partial charge in [-0.15, -0.1) is 0 Å². The van der Waals surface area contributed by atoms with Crippen molar-refractivity contribution in [2.45, 2.75) is 25.8 Å². The predicted octanol–water partition coefficient (Wildman–Crippen LogP) is 1.21. The highest BCUT2D eigenvalue weighted by molar-refractivity contribution is 5.06. The quantitative estimate of drug-likeness (QED) is 0.832. The van der Waals surface area contributed by atoms with Gasteiger partial charge in [0.2, 0.25) is 0 Å². The molecule has 0 aliphatic carbocycles. The van der Waals surface area contributed by atoms with Crippen LogP contribution in [0.5, 0.6) is 0 Å². The molecule has 2 unspecified atom stereocenters. The van der Waals surface area contributed by atoms with Gasteiger partial charge in [-0.25, -0.2) is 9.97 Å². The lowest BCUT2D eigenvalue weighted by atomic mass is 9.98. The van der Waals surface area contributed by atoms with Gasteiger partial charge in [0.15, 0.2) is 0 Å². The van der Waals surface area contributed by atoms with Crippen molar-refractivity contribution >= 4 is 0 Å². The van der Waals surface area contributed by atoms with Crippen LogP contribution in [0.15, 0.2) is 18.6 Å². The molecule has 0 amide bonds. The molecule has 1 saturated heterocycles. The van der Waals surface area contributed by atoms with E-state index in [0.717, 1.165) is 24.7 Å². The zero-order chi connectivity index (χ0) is 11.4. The zero-order valence-corrected chi connectivity index (χ0v) is 9.84. The molecular weight excluding hydrogens is 200 g/mol. The molecule has 4 nitrogen and oxygen atoms in total. The highest BCUT2D eigenvalue weighted by Gasteiger charge is 2.24. The normalized spacial score (nSPS) is 24.2. The number of rotatable bonds is 3. The molecule has 2 heterocycles. The number of likely N-dealkylation sites (tertiary alicyclic amines) is 1. The van der Waals surface area contributed by atoms with Crippen molar-refractivity contribution in [1.29, 1.82) is 0 Å². The van der Waals surface area contributed by atoms with Crippen LogP contribution in [0.25, 0.3) is 0 Å². The second-order valence-corrected chi connectivity index (χ2v) is 4.63. The first-order chi connectivity index (χ1) is 7.81. The lowest BCUT2D eigenvalue weighted by Gasteiger charge is -2.36. The molecule has 1 fully saturated rings. The maximum Gasteiger partial charge on any atom is 0.115 e. The van der Waals surface area contributed by atoms with Gasteiger partial charge >= 0.3 is 0 Å². The van der Waals surface area contributed by atoms with Gasteiger partial charge in [0.1, 0.15) is 6.33 Å². The Morgan fingerprint density at radius 3 is 3.12 bits per heavy atom. The summed E-state index contributed by atoms with van der Waals surface area (Å²) in [6.07, 6.45) is 5.99. The first kappa shape index (κ1) is 11.5. The van der Waals surface area contributed by atoms with E-state index in [1.807, 2.05) is 6.07 Å². The molecule has 0 radical (unpaired) electrons. The van der Waals surface area contributed by atoms with E-state index in [1.54, 1.807) is 12.5 Å². The summed E-state index contributed by atoms with van der Waals surface area (Å²) in [5, 5.41) is 0. The van der Waals surface area contributed by atoms with Crippen LogP contribution in [0.2, 0.25) is 0 Å². The summed E-state index contributed by atoms with van der Waals surface area (Å²) in [5.41, 5.74) is 6.93. The molecule has 2 atom stereocenters. The maximum atomic E-state index is 5.88. The summed E-state index contributed by atoms with van der Waals surface area (Å²) < 4.78 is 0. The number of hydrogen-bond donors (Lipinski definition) is 1. The van der Waals surface area contributed by atoms with Crippen LogP contribution in [0.3, 0.4) is 0 Å². The maximum absolute atomic E-state index is 5.88. The SMILES string of the molecule is CC1CCCN(C(CN)c2ccncn2)C1. The van der Waals surface area contributed by atoms with E-state index in [4.69, 9.17) is 5.73 Å². The Morgan fingerprint density at radius 2 is 2.50 bits per heavy atom. The fourth-order valence-electron chi connectivity index (χ4n) is 2.46. The number of nitrogens with zero attached hydrogens (tertiary/aromatic N) is 3. The largest absolute Gasteiger partial charge is 0.329 e. The Morgan fingerprint density at radius 1 is 1.62 bits per heavy atom. The molecular formula is C12H20N4. The standard InChI is InChI=1S/C12H20N4/c1-10-3-2-6-16(8-10)12(7-13)11-4-5-14-9-15-11/h4-5,9-10,12H,2-3,6-8,13H2,1H3. The number of hydrogen-bond acceptors (Lipinski definition) is 4. The van der Waals surface area contributed by atoms with Crippen LogP contribution in [-0.2, 0) is 0 Å². The van der Waals surface area contributed by atoms with E-state index < -0.39 is 0 Å². The minimum Gasteiger partial charge on any atom is -0.329 e. The first-order valence-electron chi connectivity index (χ1n) is 6.01. The first-order valence-corrected chi connectivity index (χ1v) is 6.01. The van der Waals surface area contributed by atoms with Gasteiger partial charge in [0.25, 0.3) is 0 Å². The van der Waals surface area contributed by atoms with Gasteiger partial charge in [-0.05, 0) is 31.4 Å². The lowest BCUT2D eigenvalue weighted by Crippen LogP contribution is -2.40. The summed E-state index contributed by atoms with van der Waals surface area (Å²) in [6.45, 7) is 5.20. The van der Waals surface area contributed by atoms with E-state index in [2.05, 4.69) is 21.8 Å². The van der Waals surface area contributed by atoms with Crippen molar-refractivity contribution in [2.75, 3.05) is 19.6 Å². The van der Waals surface area contributed by atoms with E-state index in [-0.39, 0.29) is 6.04 Å². The van der Waals surface area contributed by atoms with Crippen LogP contribution in [0.4, 0.5) is 0 Å². The molecule has 1 aliphatic rings. The number of aromatic nitrogens is 2. The van der Waals surface area contributed by atoms with Crippen molar-refractivity contribution in [2.24, 2.45) is 11.7 Å². The molecule has 1 aliphatic heterocycles. The lowest BCUT2D eigenvalue weighted by molar-refractivity contribution is 0.130. The third kappa shape index (κ3) is 2.57. The molecule has 2 rings (SSSR count). The smallest absolute Gasteiger partial charge is 0.115 e. The molecule has 0 bridgehead atoms. The fraction of sp³-hybridized carbons (Fsp3) is 0.667. The molecule has 16 heavy (non-hydrogen) atoms.